The van der Waals surface area contributed by atoms with Crippen molar-refractivity contribution >= 4 is 5.96 Å². The predicted molar refractivity (Wildman–Crippen MR) is 119 cm³/mol. The van der Waals surface area contributed by atoms with Gasteiger partial charge in [0.15, 0.2) is 5.96 Å². The third-order valence-electron chi connectivity index (χ3n) is 5.22. The van der Waals surface area contributed by atoms with E-state index in [4.69, 9.17) is 19.2 Å². The van der Waals surface area contributed by atoms with Gasteiger partial charge >= 0.3 is 0 Å². The first kappa shape index (κ1) is 23.5. The molecular formula is C23H39N3O3. The summed E-state index contributed by atoms with van der Waals surface area (Å²) in [6, 6.07) is 8.05. The molecule has 1 aromatic rings. The number of nitrogens with one attached hydrogen (secondary N) is 2. The van der Waals surface area contributed by atoms with Crippen molar-refractivity contribution in [1.82, 2.24) is 10.6 Å². The van der Waals surface area contributed by atoms with Crippen LogP contribution in [-0.2, 0) is 16.0 Å². The first-order valence-electron chi connectivity index (χ1n) is 11.0. The molecule has 0 spiro atoms. The lowest BCUT2D eigenvalue weighted by atomic mass is 9.87. The first-order chi connectivity index (χ1) is 14.1. The zero-order valence-electron chi connectivity index (χ0n) is 18.6. The number of guanidine groups is 1. The van der Waals surface area contributed by atoms with Crippen LogP contribution in [0.25, 0.3) is 0 Å². The van der Waals surface area contributed by atoms with Gasteiger partial charge in [0.2, 0.25) is 0 Å². The molecule has 1 aromatic carbocycles. The Morgan fingerprint density at radius 2 is 2.03 bits per heavy atom. The molecule has 0 bridgehead atoms. The van der Waals surface area contributed by atoms with Gasteiger partial charge in [0.1, 0.15) is 5.75 Å². The van der Waals surface area contributed by atoms with Crippen molar-refractivity contribution < 1.29 is 14.2 Å². The molecule has 0 saturated carbocycles. The molecule has 2 N–H and O–H groups in total. The fourth-order valence-electron chi connectivity index (χ4n) is 3.65. The third kappa shape index (κ3) is 8.62. The van der Waals surface area contributed by atoms with Crippen molar-refractivity contribution in [3.63, 3.8) is 0 Å². The molecule has 0 aromatic heterocycles. The molecule has 29 heavy (non-hydrogen) atoms. The van der Waals surface area contributed by atoms with Crippen LogP contribution in [0.4, 0.5) is 0 Å². The molecule has 1 saturated heterocycles. The lowest BCUT2D eigenvalue weighted by Crippen LogP contribution is -2.45. The van der Waals surface area contributed by atoms with Crippen molar-refractivity contribution in [1.29, 1.82) is 0 Å². The van der Waals surface area contributed by atoms with Gasteiger partial charge in [0.05, 0.1) is 19.8 Å². The first-order valence-corrected chi connectivity index (χ1v) is 11.0. The van der Waals surface area contributed by atoms with Crippen molar-refractivity contribution in [3.05, 3.63) is 29.8 Å². The minimum absolute atomic E-state index is 0.317. The summed E-state index contributed by atoms with van der Waals surface area (Å²) < 4.78 is 16.7. The highest BCUT2D eigenvalue weighted by molar-refractivity contribution is 5.79. The van der Waals surface area contributed by atoms with Crippen LogP contribution in [0, 0.1) is 11.8 Å². The van der Waals surface area contributed by atoms with E-state index in [9.17, 15) is 0 Å². The van der Waals surface area contributed by atoms with Crippen LogP contribution in [-0.4, -0.2) is 52.1 Å². The van der Waals surface area contributed by atoms with Gasteiger partial charge in [-0.15, -0.1) is 0 Å². The van der Waals surface area contributed by atoms with Crippen molar-refractivity contribution in [3.8, 4) is 5.75 Å². The maximum Gasteiger partial charge on any atom is 0.191 e. The highest BCUT2D eigenvalue weighted by Crippen LogP contribution is 2.25. The summed E-state index contributed by atoms with van der Waals surface area (Å²) in [4.78, 5) is 4.79. The van der Waals surface area contributed by atoms with Gasteiger partial charge in [0, 0.05) is 38.8 Å². The topological polar surface area (TPSA) is 64.1 Å². The number of rotatable bonds is 11. The molecule has 1 aliphatic rings. The summed E-state index contributed by atoms with van der Waals surface area (Å²) in [7, 11) is 1.68. The summed E-state index contributed by atoms with van der Waals surface area (Å²) in [5.41, 5.74) is 1.15. The van der Waals surface area contributed by atoms with E-state index in [1.807, 2.05) is 19.1 Å². The molecule has 1 heterocycles. The van der Waals surface area contributed by atoms with Gasteiger partial charge in [-0.3, -0.25) is 0 Å². The summed E-state index contributed by atoms with van der Waals surface area (Å²) in [6.07, 6.45) is 3.61. The maximum atomic E-state index is 6.03. The minimum atomic E-state index is 0.317. The number of hydrogen-bond acceptors (Lipinski definition) is 4. The van der Waals surface area contributed by atoms with Crippen LogP contribution in [0.3, 0.4) is 0 Å². The van der Waals surface area contributed by atoms with Crippen molar-refractivity contribution in [2.75, 3.05) is 40.0 Å². The number of nitrogens with zero attached hydrogens (tertiary/aromatic N) is 1. The number of hydrogen-bond donors (Lipinski definition) is 2. The molecule has 2 atom stereocenters. The zero-order chi connectivity index (χ0) is 20.9. The fraction of sp³-hybridized carbons (Fsp3) is 0.696. The summed E-state index contributed by atoms with van der Waals surface area (Å²) >= 11 is 0. The Hall–Kier alpha value is -1.79. The molecule has 2 unspecified atom stereocenters. The van der Waals surface area contributed by atoms with Crippen LogP contribution >= 0.6 is 0 Å². The molecule has 0 radical (unpaired) electrons. The number of benzene rings is 1. The summed E-state index contributed by atoms with van der Waals surface area (Å²) in [5.74, 6) is 2.76. The van der Waals surface area contributed by atoms with Gasteiger partial charge in [-0.1, -0.05) is 26.0 Å². The molecule has 6 nitrogen and oxygen atoms in total. The molecule has 2 rings (SSSR count). The van der Waals surface area contributed by atoms with E-state index < -0.39 is 0 Å². The standard InChI is InChI=1S/C23H39N3O3/c1-5-28-14-7-13-24-23(25-16-19-9-11-21(27-4)12-10-19)26-17-20-8-6-15-29-22(20)18(2)3/h9-12,18,20,22H,5-8,13-17H2,1-4H3,(H2,24,25,26). The van der Waals surface area contributed by atoms with E-state index in [1.54, 1.807) is 7.11 Å². The van der Waals surface area contributed by atoms with Gasteiger partial charge in [-0.25, -0.2) is 4.99 Å². The Bertz CT molecular complexity index is 590. The Morgan fingerprint density at radius 1 is 1.24 bits per heavy atom. The maximum absolute atomic E-state index is 6.03. The van der Waals surface area contributed by atoms with Crippen LogP contribution in [0.1, 0.15) is 45.6 Å². The third-order valence-corrected chi connectivity index (χ3v) is 5.22. The van der Waals surface area contributed by atoms with Gasteiger partial charge in [-0.2, -0.15) is 0 Å². The summed E-state index contributed by atoms with van der Waals surface area (Å²) in [6.45, 7) is 11.3. The van der Waals surface area contributed by atoms with Crippen LogP contribution < -0.4 is 15.4 Å². The molecule has 164 valence electrons. The second-order valence-electron chi connectivity index (χ2n) is 7.85. The quantitative estimate of drug-likeness (QED) is 0.335. The molecule has 1 aliphatic heterocycles. The van der Waals surface area contributed by atoms with Gasteiger partial charge in [-0.05, 0) is 49.8 Å². The predicted octanol–water partition coefficient (Wildman–Crippen LogP) is 3.61. The van der Waals surface area contributed by atoms with E-state index in [0.717, 1.165) is 63.0 Å². The Kier molecular flexibility index (Phi) is 10.9. The average Bonchev–Trinajstić information content (AvgIpc) is 2.75. The molecular weight excluding hydrogens is 366 g/mol. The second-order valence-corrected chi connectivity index (χ2v) is 7.85. The Balaban J connectivity index is 1.93. The van der Waals surface area contributed by atoms with Gasteiger partial charge < -0.3 is 24.8 Å². The largest absolute Gasteiger partial charge is 0.497 e. The van der Waals surface area contributed by atoms with Crippen LogP contribution in [0.5, 0.6) is 5.75 Å². The lowest BCUT2D eigenvalue weighted by Gasteiger charge is -2.34. The number of methoxy groups -OCH3 is 1. The van der Waals surface area contributed by atoms with E-state index in [1.165, 1.54) is 6.42 Å². The van der Waals surface area contributed by atoms with E-state index in [2.05, 4.69) is 36.6 Å². The number of aliphatic imine (C=N–C) groups is 1. The van der Waals surface area contributed by atoms with Crippen molar-refractivity contribution in [2.24, 2.45) is 16.8 Å². The monoisotopic (exact) mass is 405 g/mol. The van der Waals surface area contributed by atoms with E-state index in [-0.39, 0.29) is 0 Å². The highest BCUT2D eigenvalue weighted by Gasteiger charge is 2.28. The molecule has 6 heteroatoms. The SMILES string of the molecule is CCOCCCNC(=NCc1ccc(OC)cc1)NCC1CCCOC1C(C)C. The summed E-state index contributed by atoms with van der Waals surface area (Å²) in [5, 5.41) is 7.00. The normalized spacial score (nSPS) is 20.0. The zero-order valence-corrected chi connectivity index (χ0v) is 18.6. The molecule has 0 aliphatic carbocycles. The second kappa shape index (κ2) is 13.4. The van der Waals surface area contributed by atoms with Crippen LogP contribution in [0.15, 0.2) is 29.3 Å². The molecule has 1 fully saturated rings. The highest BCUT2D eigenvalue weighted by atomic mass is 16.5. The Labute approximate surface area is 176 Å². The van der Waals surface area contributed by atoms with Crippen molar-refractivity contribution in [2.45, 2.75) is 52.7 Å². The number of ether oxygens (including phenoxy) is 3. The van der Waals surface area contributed by atoms with E-state index in [0.29, 0.717) is 24.5 Å². The van der Waals surface area contributed by atoms with Crippen LogP contribution in [0.2, 0.25) is 0 Å². The Morgan fingerprint density at radius 3 is 2.72 bits per heavy atom. The van der Waals surface area contributed by atoms with Gasteiger partial charge in [0.25, 0.3) is 0 Å². The smallest absolute Gasteiger partial charge is 0.191 e. The molecule has 0 amide bonds. The average molecular weight is 406 g/mol. The lowest BCUT2D eigenvalue weighted by molar-refractivity contribution is -0.0505. The minimum Gasteiger partial charge on any atom is -0.497 e. The fourth-order valence-corrected chi connectivity index (χ4v) is 3.65. The van der Waals surface area contributed by atoms with E-state index >= 15 is 0 Å².